The summed E-state index contributed by atoms with van der Waals surface area (Å²) in [5.74, 6) is 0.550. The Balaban J connectivity index is 1.34. The Bertz CT molecular complexity index is 924. The molecule has 4 rings (SSSR count). The van der Waals surface area contributed by atoms with Crippen LogP contribution in [0.2, 0.25) is 0 Å². The number of aryl methyl sites for hydroxylation is 1. The average Bonchev–Trinajstić information content (AvgIpc) is 3.07. The van der Waals surface area contributed by atoms with Gasteiger partial charge in [0.15, 0.2) is 0 Å². The van der Waals surface area contributed by atoms with Gasteiger partial charge in [-0.3, -0.25) is 9.48 Å². The number of nitrogens with zero attached hydrogens (tertiary/aromatic N) is 3. The van der Waals surface area contributed by atoms with Crippen LogP contribution in [0.1, 0.15) is 42.3 Å². The molecule has 1 atom stereocenters. The number of rotatable bonds is 6. The lowest BCUT2D eigenvalue weighted by Gasteiger charge is -2.36. The number of ether oxygens (including phenoxy) is 2. The Hall–Kier alpha value is -2.55. The van der Waals surface area contributed by atoms with Crippen molar-refractivity contribution in [1.29, 1.82) is 0 Å². The first-order valence-corrected chi connectivity index (χ1v) is 10.5. The van der Waals surface area contributed by atoms with Gasteiger partial charge in [0.2, 0.25) is 5.91 Å². The van der Waals surface area contributed by atoms with E-state index in [-0.39, 0.29) is 30.3 Å². The van der Waals surface area contributed by atoms with E-state index in [1.54, 1.807) is 4.68 Å². The molecule has 2 heterocycles. The van der Waals surface area contributed by atoms with Gasteiger partial charge in [0.25, 0.3) is 0 Å². The Morgan fingerprint density at radius 2 is 2.10 bits per heavy atom. The van der Waals surface area contributed by atoms with E-state index in [0.717, 1.165) is 42.8 Å². The molecule has 1 unspecified atom stereocenters. The summed E-state index contributed by atoms with van der Waals surface area (Å²) in [7, 11) is 1.81. The van der Waals surface area contributed by atoms with Crippen LogP contribution in [0.3, 0.4) is 0 Å². The molecule has 31 heavy (non-hydrogen) atoms. The van der Waals surface area contributed by atoms with Crippen LogP contribution in [0, 0.1) is 5.92 Å². The number of morpholine rings is 1. The van der Waals surface area contributed by atoms with Crippen molar-refractivity contribution in [3.63, 3.8) is 0 Å². The second kappa shape index (κ2) is 8.90. The van der Waals surface area contributed by atoms with Crippen molar-refractivity contribution >= 4 is 5.91 Å². The predicted octanol–water partition coefficient (Wildman–Crippen LogP) is 3.76. The number of hydrogen-bond donors (Lipinski definition) is 0. The maximum absolute atomic E-state index is 12.8. The van der Waals surface area contributed by atoms with Crippen molar-refractivity contribution in [2.75, 3.05) is 26.3 Å². The van der Waals surface area contributed by atoms with Crippen LogP contribution in [0.25, 0.3) is 0 Å². The van der Waals surface area contributed by atoms with E-state index in [1.165, 1.54) is 12.1 Å². The van der Waals surface area contributed by atoms with Gasteiger partial charge in [-0.05, 0) is 37.1 Å². The normalized spacial score (nSPS) is 19.9. The van der Waals surface area contributed by atoms with Gasteiger partial charge < -0.3 is 14.4 Å². The maximum Gasteiger partial charge on any atom is 0.416 e. The van der Waals surface area contributed by atoms with Crippen molar-refractivity contribution in [2.45, 2.75) is 38.0 Å². The molecular weight excluding hydrogens is 411 g/mol. The van der Waals surface area contributed by atoms with Gasteiger partial charge in [-0.25, -0.2) is 0 Å². The maximum atomic E-state index is 12.8. The highest BCUT2D eigenvalue weighted by Crippen LogP contribution is 2.32. The Morgan fingerprint density at radius 1 is 1.29 bits per heavy atom. The van der Waals surface area contributed by atoms with Gasteiger partial charge in [0.05, 0.1) is 31.0 Å². The third kappa shape index (κ3) is 5.03. The summed E-state index contributed by atoms with van der Waals surface area (Å²) in [6.45, 7) is 1.80. The molecule has 2 fully saturated rings. The van der Waals surface area contributed by atoms with E-state index in [4.69, 9.17) is 9.47 Å². The number of carbonyl (C=O) groups excluding carboxylic acids is 1. The lowest BCUT2D eigenvalue weighted by Crippen LogP contribution is -2.46. The fourth-order valence-electron chi connectivity index (χ4n) is 3.90. The van der Waals surface area contributed by atoms with Crippen molar-refractivity contribution in [3.05, 3.63) is 47.3 Å². The SMILES string of the molecule is Cn1nc(C2CN(C(=O)C3CCC3)CCO2)cc1CCOc1cccc(C(F)(F)F)c1. The monoisotopic (exact) mass is 437 g/mol. The topological polar surface area (TPSA) is 56.6 Å². The molecule has 1 amide bonds. The molecule has 2 aliphatic rings. The highest BCUT2D eigenvalue weighted by molar-refractivity contribution is 5.79. The first-order valence-electron chi connectivity index (χ1n) is 10.5. The molecule has 1 aliphatic carbocycles. The molecule has 0 spiro atoms. The number of hydrogen-bond acceptors (Lipinski definition) is 4. The lowest BCUT2D eigenvalue weighted by molar-refractivity contribution is -0.146. The summed E-state index contributed by atoms with van der Waals surface area (Å²) in [4.78, 5) is 14.4. The Labute approximate surface area is 178 Å². The summed E-state index contributed by atoms with van der Waals surface area (Å²) >= 11 is 0. The summed E-state index contributed by atoms with van der Waals surface area (Å²) in [5.41, 5.74) is 0.902. The van der Waals surface area contributed by atoms with Crippen molar-refractivity contribution in [1.82, 2.24) is 14.7 Å². The first-order chi connectivity index (χ1) is 14.8. The fourth-order valence-corrected chi connectivity index (χ4v) is 3.90. The van der Waals surface area contributed by atoms with Gasteiger partial charge >= 0.3 is 6.18 Å². The Kier molecular flexibility index (Phi) is 6.22. The zero-order valence-electron chi connectivity index (χ0n) is 17.4. The molecule has 0 bridgehead atoms. The van der Waals surface area contributed by atoms with Crippen molar-refractivity contribution < 1.29 is 27.4 Å². The minimum Gasteiger partial charge on any atom is -0.493 e. The van der Waals surface area contributed by atoms with E-state index in [2.05, 4.69) is 5.10 Å². The lowest BCUT2D eigenvalue weighted by atomic mass is 9.84. The summed E-state index contributed by atoms with van der Waals surface area (Å²) < 4.78 is 51.6. The van der Waals surface area contributed by atoms with E-state index in [1.807, 2.05) is 18.0 Å². The van der Waals surface area contributed by atoms with Crippen molar-refractivity contribution in [3.8, 4) is 5.75 Å². The smallest absolute Gasteiger partial charge is 0.416 e. The largest absolute Gasteiger partial charge is 0.493 e. The van der Waals surface area contributed by atoms with Gasteiger partial charge in [0.1, 0.15) is 11.9 Å². The summed E-state index contributed by atoms with van der Waals surface area (Å²) in [6.07, 6.45) is -1.12. The minimum absolute atomic E-state index is 0.158. The fraction of sp³-hybridized carbons (Fsp3) is 0.545. The molecule has 6 nitrogen and oxygen atoms in total. The molecule has 168 valence electrons. The number of carbonyl (C=O) groups is 1. The summed E-state index contributed by atoms with van der Waals surface area (Å²) in [5, 5.41) is 4.53. The quantitative estimate of drug-likeness (QED) is 0.691. The molecule has 1 aromatic carbocycles. The van der Waals surface area contributed by atoms with Crippen LogP contribution in [-0.2, 0) is 29.2 Å². The van der Waals surface area contributed by atoms with E-state index in [9.17, 15) is 18.0 Å². The van der Waals surface area contributed by atoms with Crippen LogP contribution in [0.4, 0.5) is 13.2 Å². The molecule has 0 N–H and O–H groups in total. The molecule has 0 radical (unpaired) electrons. The number of amides is 1. The molecule has 1 aliphatic heterocycles. The number of aromatic nitrogens is 2. The molecule has 9 heteroatoms. The van der Waals surface area contributed by atoms with E-state index < -0.39 is 11.7 Å². The molecular formula is C22H26F3N3O3. The summed E-state index contributed by atoms with van der Waals surface area (Å²) in [6, 6.07) is 6.77. The third-order valence-corrected chi connectivity index (χ3v) is 5.95. The zero-order chi connectivity index (χ0) is 22.0. The van der Waals surface area contributed by atoms with E-state index in [0.29, 0.717) is 26.1 Å². The standard InChI is InChI=1S/C22H26F3N3O3/c1-27-17(8-10-30-18-7-3-6-16(12-18)22(23,24)25)13-19(26-27)20-14-28(9-11-31-20)21(29)15-4-2-5-15/h3,6-7,12-13,15,20H,2,4-5,8-11,14H2,1H3. The average molecular weight is 437 g/mol. The third-order valence-electron chi connectivity index (χ3n) is 5.95. The predicted molar refractivity (Wildman–Crippen MR) is 106 cm³/mol. The Morgan fingerprint density at radius 3 is 2.81 bits per heavy atom. The van der Waals surface area contributed by atoms with Crippen LogP contribution in [0.5, 0.6) is 5.75 Å². The van der Waals surface area contributed by atoms with Crippen LogP contribution in [0.15, 0.2) is 30.3 Å². The number of halogens is 3. The number of alkyl halides is 3. The molecule has 1 saturated heterocycles. The molecule has 1 aromatic heterocycles. The van der Waals surface area contributed by atoms with Gasteiger partial charge in [0, 0.05) is 31.6 Å². The molecule has 1 saturated carbocycles. The second-order valence-electron chi connectivity index (χ2n) is 8.08. The van der Waals surface area contributed by atoms with Crippen LogP contribution < -0.4 is 4.74 Å². The first kappa shape index (κ1) is 21.7. The molecule has 2 aromatic rings. The van der Waals surface area contributed by atoms with E-state index >= 15 is 0 Å². The van der Waals surface area contributed by atoms with Crippen LogP contribution >= 0.6 is 0 Å². The van der Waals surface area contributed by atoms with Gasteiger partial charge in [-0.1, -0.05) is 12.5 Å². The highest BCUT2D eigenvalue weighted by atomic mass is 19.4. The second-order valence-corrected chi connectivity index (χ2v) is 8.08. The number of benzene rings is 1. The van der Waals surface area contributed by atoms with Gasteiger partial charge in [-0.15, -0.1) is 0 Å². The van der Waals surface area contributed by atoms with Crippen LogP contribution in [-0.4, -0.2) is 46.9 Å². The zero-order valence-corrected chi connectivity index (χ0v) is 17.4. The highest BCUT2D eigenvalue weighted by Gasteiger charge is 2.34. The van der Waals surface area contributed by atoms with Gasteiger partial charge in [-0.2, -0.15) is 18.3 Å². The van der Waals surface area contributed by atoms with Crippen molar-refractivity contribution in [2.24, 2.45) is 13.0 Å². The minimum atomic E-state index is -4.40.